The Balaban J connectivity index is 1.43. The van der Waals surface area contributed by atoms with Crippen molar-refractivity contribution in [1.29, 1.82) is 0 Å². The summed E-state index contributed by atoms with van der Waals surface area (Å²) in [6, 6.07) is 9.34. The molecule has 7 atom stereocenters. The van der Waals surface area contributed by atoms with Gasteiger partial charge >= 0.3 is 17.9 Å². The molecule has 0 amide bonds. The van der Waals surface area contributed by atoms with Gasteiger partial charge in [0, 0.05) is 17.8 Å². The van der Waals surface area contributed by atoms with Gasteiger partial charge in [0.25, 0.3) is 0 Å². The van der Waals surface area contributed by atoms with Crippen LogP contribution < -0.4 is 0 Å². The molecule has 9 nitrogen and oxygen atoms in total. The maximum Gasteiger partial charge on any atom is 0.310 e. The van der Waals surface area contributed by atoms with Crippen LogP contribution in [0.4, 0.5) is 0 Å². The molecule has 4 aliphatic rings. The van der Waals surface area contributed by atoms with Gasteiger partial charge in [0.05, 0.1) is 19.3 Å². The second-order valence-corrected chi connectivity index (χ2v) is 13.1. The predicted octanol–water partition coefficient (Wildman–Crippen LogP) is 3.99. The predicted molar refractivity (Wildman–Crippen MR) is 150 cm³/mol. The minimum atomic E-state index is -1.79. The number of allylic oxidation sites excluding steroid dienone is 1. The molecule has 9 heteroatoms. The molecule has 0 unspecified atom stereocenters. The van der Waals surface area contributed by atoms with Crippen molar-refractivity contribution in [2.24, 2.45) is 28.6 Å². The summed E-state index contributed by atoms with van der Waals surface area (Å²) in [5.74, 6) is -2.85. The number of benzene rings is 1. The van der Waals surface area contributed by atoms with Crippen LogP contribution in [-0.4, -0.2) is 58.0 Å². The minimum absolute atomic E-state index is 0.0285. The average Bonchev–Trinajstić information content (AvgIpc) is 3.22. The summed E-state index contributed by atoms with van der Waals surface area (Å²) >= 11 is 0. The van der Waals surface area contributed by atoms with Crippen molar-refractivity contribution in [1.82, 2.24) is 0 Å². The second-order valence-electron chi connectivity index (χ2n) is 13.1. The molecular formula is C33H40O9. The average molecular weight is 581 g/mol. The Labute approximate surface area is 245 Å². The Bertz CT molecular complexity index is 1300. The van der Waals surface area contributed by atoms with Crippen molar-refractivity contribution in [2.45, 2.75) is 89.8 Å². The van der Waals surface area contributed by atoms with Gasteiger partial charge in [-0.05, 0) is 67.4 Å². The summed E-state index contributed by atoms with van der Waals surface area (Å²) in [4.78, 5) is 62.0. The molecule has 0 aliphatic heterocycles. The van der Waals surface area contributed by atoms with E-state index in [-0.39, 0.29) is 60.6 Å². The Kier molecular flexibility index (Phi) is 8.18. The number of fused-ring (bicyclic) bond motifs is 5. The lowest BCUT2D eigenvalue weighted by Crippen LogP contribution is -2.62. The third-order valence-electron chi connectivity index (χ3n) is 10.9. The molecule has 226 valence electrons. The highest BCUT2D eigenvalue weighted by molar-refractivity contribution is 5.92. The van der Waals surface area contributed by atoms with Gasteiger partial charge in [0.15, 0.2) is 12.4 Å². The number of ether oxygens (including phenoxy) is 2. The molecule has 4 aliphatic carbocycles. The lowest BCUT2D eigenvalue weighted by molar-refractivity contribution is -0.197. The van der Waals surface area contributed by atoms with Gasteiger partial charge < -0.3 is 19.7 Å². The number of hydrogen-bond acceptors (Lipinski definition) is 8. The van der Waals surface area contributed by atoms with Crippen molar-refractivity contribution in [3.63, 3.8) is 0 Å². The lowest BCUT2D eigenvalue weighted by Gasteiger charge is -2.60. The van der Waals surface area contributed by atoms with Crippen molar-refractivity contribution in [2.75, 3.05) is 6.61 Å². The van der Waals surface area contributed by atoms with E-state index in [4.69, 9.17) is 14.6 Å². The fourth-order valence-corrected chi connectivity index (χ4v) is 8.74. The van der Waals surface area contributed by atoms with E-state index in [0.29, 0.717) is 19.3 Å². The van der Waals surface area contributed by atoms with Gasteiger partial charge in [-0.1, -0.05) is 49.8 Å². The van der Waals surface area contributed by atoms with Crippen LogP contribution >= 0.6 is 0 Å². The minimum Gasteiger partial charge on any atom is -0.481 e. The molecule has 3 fully saturated rings. The maximum atomic E-state index is 13.5. The third kappa shape index (κ3) is 5.32. The SMILES string of the molecule is C[C@]12CCC(=O)C=C1CC[C@@H]1[C@@H]2[C@H](OC(=O)Cc2ccccc2)C[C@@]2(C)[C@H]1CC[C@]2(O)C(=O)COC(=O)CCC(=O)O. The monoisotopic (exact) mass is 580 g/mol. The number of hydrogen-bond donors (Lipinski definition) is 2. The Morgan fingerprint density at radius 3 is 2.43 bits per heavy atom. The number of rotatable bonds is 9. The molecule has 0 saturated heterocycles. The molecule has 0 bridgehead atoms. The van der Waals surface area contributed by atoms with E-state index in [1.165, 1.54) is 0 Å². The molecule has 3 saturated carbocycles. The van der Waals surface area contributed by atoms with Crippen LogP contribution in [-0.2, 0) is 39.9 Å². The van der Waals surface area contributed by atoms with Crippen LogP contribution in [0.2, 0.25) is 0 Å². The number of aliphatic carboxylic acids is 1. The van der Waals surface area contributed by atoms with Gasteiger partial charge in [0.1, 0.15) is 11.7 Å². The summed E-state index contributed by atoms with van der Waals surface area (Å²) in [6.45, 7) is 3.42. The summed E-state index contributed by atoms with van der Waals surface area (Å²) in [5, 5.41) is 20.8. The van der Waals surface area contributed by atoms with Gasteiger partial charge in [0.2, 0.25) is 5.78 Å². The van der Waals surface area contributed by atoms with Gasteiger partial charge in [-0.15, -0.1) is 0 Å². The number of Topliss-reactive ketones (excluding diaryl/α,β-unsaturated/α-hetero) is 1. The van der Waals surface area contributed by atoms with Crippen molar-refractivity contribution in [3.05, 3.63) is 47.5 Å². The topological polar surface area (TPSA) is 144 Å². The van der Waals surface area contributed by atoms with Crippen molar-refractivity contribution >= 4 is 29.5 Å². The number of aliphatic hydroxyl groups is 1. The molecule has 2 N–H and O–H groups in total. The zero-order valence-corrected chi connectivity index (χ0v) is 24.3. The summed E-state index contributed by atoms with van der Waals surface area (Å²) in [5.41, 5.74) is -1.13. The number of carboxylic acid groups (broad SMARTS) is 1. The zero-order valence-electron chi connectivity index (χ0n) is 24.3. The van der Waals surface area contributed by atoms with Crippen LogP contribution in [0.3, 0.4) is 0 Å². The van der Waals surface area contributed by atoms with Crippen LogP contribution in [0.1, 0.15) is 77.2 Å². The van der Waals surface area contributed by atoms with E-state index in [9.17, 15) is 29.1 Å². The van der Waals surface area contributed by atoms with Gasteiger partial charge in [-0.3, -0.25) is 24.0 Å². The standard InChI is InChI=1S/C33H40O9/c1-31-14-12-22(34)17-21(31)8-9-23-24-13-15-33(40,26(35)19-41-28(38)11-10-27(36)37)32(24,2)18-25(30(23)31)42-29(39)16-20-6-4-3-5-7-20/h3-7,17,23-25,30,40H,8-16,18-19H2,1-2H3,(H,36,37)/t23-,24-,25+,30+,31-,32-,33-/m0/s1. The Morgan fingerprint density at radius 2 is 1.71 bits per heavy atom. The van der Waals surface area contributed by atoms with Crippen molar-refractivity contribution < 1.29 is 43.7 Å². The van der Waals surface area contributed by atoms with E-state index in [2.05, 4.69) is 6.92 Å². The highest BCUT2D eigenvalue weighted by Gasteiger charge is 2.69. The van der Waals surface area contributed by atoms with Crippen LogP contribution in [0.5, 0.6) is 0 Å². The van der Waals surface area contributed by atoms with Crippen molar-refractivity contribution in [3.8, 4) is 0 Å². The van der Waals surface area contributed by atoms with Gasteiger partial charge in [-0.2, -0.15) is 0 Å². The zero-order chi connectivity index (χ0) is 30.3. The molecule has 42 heavy (non-hydrogen) atoms. The van der Waals surface area contributed by atoms with E-state index in [1.54, 1.807) is 6.08 Å². The lowest BCUT2D eigenvalue weighted by atomic mass is 9.45. The number of ketones is 2. The second kappa shape index (κ2) is 11.4. The Morgan fingerprint density at radius 1 is 0.976 bits per heavy atom. The summed E-state index contributed by atoms with van der Waals surface area (Å²) < 4.78 is 11.4. The molecule has 5 rings (SSSR count). The smallest absolute Gasteiger partial charge is 0.310 e. The quantitative estimate of drug-likeness (QED) is 0.414. The highest BCUT2D eigenvalue weighted by atomic mass is 16.5. The van der Waals surface area contributed by atoms with E-state index in [0.717, 1.165) is 24.0 Å². The third-order valence-corrected chi connectivity index (χ3v) is 10.9. The summed E-state index contributed by atoms with van der Waals surface area (Å²) in [6.07, 6.45) is 4.22. The molecular weight excluding hydrogens is 540 g/mol. The van der Waals surface area contributed by atoms with Crippen LogP contribution in [0.25, 0.3) is 0 Å². The highest BCUT2D eigenvalue weighted by Crippen LogP contribution is 2.68. The fraction of sp³-hybridized carbons (Fsp3) is 0.606. The largest absolute Gasteiger partial charge is 0.481 e. The molecule has 0 heterocycles. The normalized spacial score (nSPS) is 35.2. The fourth-order valence-electron chi connectivity index (χ4n) is 8.74. The maximum absolute atomic E-state index is 13.5. The number of carbonyl (C=O) groups is 5. The van der Waals surface area contributed by atoms with Gasteiger partial charge in [-0.25, -0.2) is 0 Å². The first kappa shape index (κ1) is 30.1. The number of carbonyl (C=O) groups excluding carboxylic acids is 4. The molecule has 0 radical (unpaired) electrons. The van der Waals surface area contributed by atoms with E-state index >= 15 is 0 Å². The molecule has 0 aromatic heterocycles. The Hall–Kier alpha value is -3.33. The first-order chi connectivity index (χ1) is 19.9. The van der Waals surface area contributed by atoms with E-state index < -0.39 is 47.9 Å². The van der Waals surface area contributed by atoms with E-state index in [1.807, 2.05) is 37.3 Å². The molecule has 1 aromatic rings. The number of esters is 2. The number of carboxylic acids is 1. The van der Waals surface area contributed by atoms with Crippen LogP contribution in [0.15, 0.2) is 42.0 Å². The molecule has 1 aromatic carbocycles. The summed E-state index contributed by atoms with van der Waals surface area (Å²) in [7, 11) is 0. The first-order valence-corrected chi connectivity index (χ1v) is 15.0. The first-order valence-electron chi connectivity index (χ1n) is 15.0. The molecule has 0 spiro atoms. The van der Waals surface area contributed by atoms with Crippen LogP contribution in [0, 0.1) is 28.6 Å².